The number of carbonyl (C=O) groups is 2. The van der Waals surface area contributed by atoms with Gasteiger partial charge >= 0.3 is 6.09 Å². The summed E-state index contributed by atoms with van der Waals surface area (Å²) in [6.07, 6.45) is 2.35. The Morgan fingerprint density at radius 3 is 2.69 bits per heavy atom. The summed E-state index contributed by atoms with van der Waals surface area (Å²) in [4.78, 5) is 25.0. The van der Waals surface area contributed by atoms with Crippen LogP contribution in [0.15, 0.2) is 0 Å². The lowest BCUT2D eigenvalue weighted by atomic mass is 9.72. The third-order valence-corrected chi connectivity index (χ3v) is 3.18. The number of nitrogens with zero attached hydrogens (tertiary/aromatic N) is 1. The highest BCUT2D eigenvalue weighted by atomic mass is 16.6. The summed E-state index contributed by atoms with van der Waals surface area (Å²) in [5.74, 6) is 0.573. The molecule has 0 spiro atoms. The minimum atomic E-state index is -0.489. The largest absolute Gasteiger partial charge is 0.444 e. The third-order valence-electron chi connectivity index (χ3n) is 3.18. The molecule has 2 atom stereocenters. The summed E-state index contributed by atoms with van der Waals surface area (Å²) in [6, 6.07) is -0.191. The van der Waals surface area contributed by atoms with Crippen molar-refractivity contribution in [3.8, 4) is 0 Å². The standard InChI is InChI=1S/C12H19NO3/c1-12(2,3)16-11(15)13-6-4-5-8-7-9(14)10(8)13/h8,10H,4-7H2,1-3H3/t8-,10-/m0/s1. The second kappa shape index (κ2) is 3.75. The highest BCUT2D eigenvalue weighted by molar-refractivity contribution is 5.93. The molecule has 1 amide bonds. The van der Waals surface area contributed by atoms with Gasteiger partial charge in [-0.3, -0.25) is 9.69 Å². The Hall–Kier alpha value is -1.06. The smallest absolute Gasteiger partial charge is 0.410 e. The maximum atomic E-state index is 11.9. The van der Waals surface area contributed by atoms with Gasteiger partial charge in [0, 0.05) is 13.0 Å². The average Bonchev–Trinajstić information content (AvgIpc) is 2.12. The van der Waals surface area contributed by atoms with Gasteiger partial charge in [0.25, 0.3) is 0 Å². The SMILES string of the molecule is CC(C)(C)OC(=O)N1CCC[C@H]2CC(=O)[C@H]21. The van der Waals surface area contributed by atoms with E-state index in [-0.39, 0.29) is 17.9 Å². The fourth-order valence-corrected chi connectivity index (χ4v) is 2.47. The zero-order valence-corrected chi connectivity index (χ0v) is 10.2. The molecule has 2 rings (SSSR count). The van der Waals surface area contributed by atoms with Crippen LogP contribution < -0.4 is 0 Å². The molecule has 0 unspecified atom stereocenters. The topological polar surface area (TPSA) is 46.6 Å². The van der Waals surface area contributed by atoms with Gasteiger partial charge in [0.2, 0.25) is 0 Å². The quantitative estimate of drug-likeness (QED) is 0.633. The van der Waals surface area contributed by atoms with Crippen molar-refractivity contribution in [3.63, 3.8) is 0 Å². The summed E-state index contributed by atoms with van der Waals surface area (Å²) >= 11 is 0. The van der Waals surface area contributed by atoms with E-state index in [9.17, 15) is 9.59 Å². The molecule has 0 N–H and O–H groups in total. The second-order valence-corrected chi connectivity index (χ2v) is 5.69. The lowest BCUT2D eigenvalue weighted by Crippen LogP contribution is -2.60. The van der Waals surface area contributed by atoms with Gasteiger partial charge < -0.3 is 4.74 Å². The molecule has 90 valence electrons. The molecular formula is C12H19NO3. The van der Waals surface area contributed by atoms with Crippen LogP contribution >= 0.6 is 0 Å². The fourth-order valence-electron chi connectivity index (χ4n) is 2.47. The van der Waals surface area contributed by atoms with Crippen LogP contribution in [0.25, 0.3) is 0 Å². The predicted octanol–water partition coefficient (Wildman–Crippen LogP) is 1.97. The monoisotopic (exact) mass is 225 g/mol. The van der Waals surface area contributed by atoms with Crippen molar-refractivity contribution >= 4 is 11.9 Å². The van der Waals surface area contributed by atoms with Crippen LogP contribution in [0, 0.1) is 5.92 Å². The van der Waals surface area contributed by atoms with Gasteiger partial charge in [0.15, 0.2) is 5.78 Å². The van der Waals surface area contributed by atoms with Gasteiger partial charge in [-0.1, -0.05) is 0 Å². The van der Waals surface area contributed by atoms with Gasteiger partial charge in [-0.15, -0.1) is 0 Å². The highest BCUT2D eigenvalue weighted by Crippen LogP contribution is 2.37. The first-order valence-electron chi connectivity index (χ1n) is 5.91. The van der Waals surface area contributed by atoms with Gasteiger partial charge in [0.05, 0.1) is 6.04 Å². The lowest BCUT2D eigenvalue weighted by molar-refractivity contribution is -0.139. The summed E-state index contributed by atoms with van der Waals surface area (Å²) in [7, 11) is 0. The number of piperidine rings is 1. The van der Waals surface area contributed by atoms with Gasteiger partial charge in [-0.2, -0.15) is 0 Å². The summed E-state index contributed by atoms with van der Waals surface area (Å²) in [6.45, 7) is 6.18. The van der Waals surface area contributed by atoms with Crippen molar-refractivity contribution in [1.82, 2.24) is 4.90 Å². The van der Waals surface area contributed by atoms with E-state index in [0.717, 1.165) is 12.8 Å². The fraction of sp³-hybridized carbons (Fsp3) is 0.833. The summed E-state index contributed by atoms with van der Waals surface area (Å²) < 4.78 is 5.31. The molecule has 1 saturated heterocycles. The number of amides is 1. The predicted molar refractivity (Wildman–Crippen MR) is 59.1 cm³/mol. The Morgan fingerprint density at radius 2 is 2.12 bits per heavy atom. The van der Waals surface area contributed by atoms with Crippen LogP contribution in [-0.4, -0.2) is 35.0 Å². The minimum absolute atomic E-state index is 0.190. The number of Topliss-reactive ketones (excluding diaryl/α,β-unsaturated/α-hetero) is 1. The molecule has 4 heteroatoms. The number of hydrogen-bond donors (Lipinski definition) is 0. The minimum Gasteiger partial charge on any atom is -0.444 e. The summed E-state index contributed by atoms with van der Waals surface area (Å²) in [5, 5.41) is 0. The number of carbonyl (C=O) groups excluding carboxylic acids is 2. The van der Waals surface area contributed by atoms with E-state index >= 15 is 0 Å². The van der Waals surface area contributed by atoms with Crippen molar-refractivity contribution in [2.45, 2.75) is 51.7 Å². The van der Waals surface area contributed by atoms with Gasteiger partial charge in [0.1, 0.15) is 5.60 Å². The molecule has 0 bridgehead atoms. The molecule has 4 nitrogen and oxygen atoms in total. The summed E-state index contributed by atoms with van der Waals surface area (Å²) in [5.41, 5.74) is -0.489. The highest BCUT2D eigenvalue weighted by Gasteiger charge is 2.48. The molecule has 16 heavy (non-hydrogen) atoms. The molecule has 2 aliphatic rings. The molecular weight excluding hydrogens is 206 g/mol. The first kappa shape index (κ1) is 11.4. The van der Waals surface area contributed by atoms with Crippen LogP contribution in [-0.2, 0) is 9.53 Å². The van der Waals surface area contributed by atoms with E-state index in [1.54, 1.807) is 4.90 Å². The number of ether oxygens (including phenoxy) is 1. The van der Waals surface area contributed by atoms with Gasteiger partial charge in [-0.05, 0) is 39.5 Å². The first-order chi connectivity index (χ1) is 7.38. The Morgan fingerprint density at radius 1 is 1.44 bits per heavy atom. The Labute approximate surface area is 95.9 Å². The lowest BCUT2D eigenvalue weighted by Gasteiger charge is -2.46. The Balaban J connectivity index is 2.02. The number of rotatable bonds is 0. The zero-order chi connectivity index (χ0) is 11.9. The zero-order valence-electron chi connectivity index (χ0n) is 10.2. The maximum absolute atomic E-state index is 11.9. The number of hydrogen-bond acceptors (Lipinski definition) is 3. The van der Waals surface area contributed by atoms with E-state index in [1.807, 2.05) is 20.8 Å². The number of likely N-dealkylation sites (tertiary alicyclic amines) is 1. The van der Waals surface area contributed by atoms with Crippen LogP contribution in [0.3, 0.4) is 0 Å². The van der Waals surface area contributed by atoms with E-state index in [4.69, 9.17) is 4.74 Å². The molecule has 0 aromatic heterocycles. The van der Waals surface area contributed by atoms with Crippen molar-refractivity contribution in [3.05, 3.63) is 0 Å². The molecule has 0 aromatic rings. The molecule has 1 saturated carbocycles. The average molecular weight is 225 g/mol. The van der Waals surface area contributed by atoms with Crippen LogP contribution in [0.5, 0.6) is 0 Å². The van der Waals surface area contributed by atoms with Gasteiger partial charge in [-0.25, -0.2) is 4.79 Å². The molecule has 0 radical (unpaired) electrons. The van der Waals surface area contributed by atoms with E-state index < -0.39 is 5.60 Å². The second-order valence-electron chi connectivity index (χ2n) is 5.69. The van der Waals surface area contributed by atoms with E-state index in [0.29, 0.717) is 18.9 Å². The molecule has 1 aliphatic carbocycles. The van der Waals surface area contributed by atoms with Crippen LogP contribution in [0.2, 0.25) is 0 Å². The third kappa shape index (κ3) is 2.06. The van der Waals surface area contributed by atoms with Crippen molar-refractivity contribution < 1.29 is 14.3 Å². The molecule has 1 heterocycles. The Kier molecular flexibility index (Phi) is 2.68. The van der Waals surface area contributed by atoms with Crippen molar-refractivity contribution in [2.75, 3.05) is 6.54 Å². The van der Waals surface area contributed by atoms with Crippen LogP contribution in [0.1, 0.15) is 40.0 Å². The van der Waals surface area contributed by atoms with Crippen molar-refractivity contribution in [1.29, 1.82) is 0 Å². The van der Waals surface area contributed by atoms with E-state index in [2.05, 4.69) is 0 Å². The normalized spacial score (nSPS) is 29.4. The molecule has 1 aliphatic heterocycles. The molecule has 2 fully saturated rings. The molecule has 0 aromatic carbocycles. The number of fused-ring (bicyclic) bond motifs is 1. The van der Waals surface area contributed by atoms with Crippen LogP contribution in [0.4, 0.5) is 4.79 Å². The Bertz CT molecular complexity index is 319. The maximum Gasteiger partial charge on any atom is 0.410 e. The van der Waals surface area contributed by atoms with Crippen molar-refractivity contribution in [2.24, 2.45) is 5.92 Å². The number of ketones is 1. The first-order valence-corrected chi connectivity index (χ1v) is 5.91. The van der Waals surface area contributed by atoms with E-state index in [1.165, 1.54) is 0 Å².